The van der Waals surface area contributed by atoms with Crippen molar-refractivity contribution in [3.8, 4) is 11.5 Å². The molecule has 1 aliphatic rings. The van der Waals surface area contributed by atoms with Crippen LogP contribution in [-0.2, 0) is 7.05 Å². The number of piperazine rings is 1. The number of hydrogen-bond acceptors (Lipinski definition) is 5. The molecule has 7 nitrogen and oxygen atoms in total. The van der Waals surface area contributed by atoms with Gasteiger partial charge in [-0.15, -0.1) is 0 Å². The van der Waals surface area contributed by atoms with Crippen LogP contribution in [0.2, 0.25) is 0 Å². The lowest BCUT2D eigenvalue weighted by Crippen LogP contribution is -2.49. The van der Waals surface area contributed by atoms with Gasteiger partial charge in [0.15, 0.2) is 11.5 Å². The molecule has 2 aromatic rings. The van der Waals surface area contributed by atoms with Crippen LogP contribution in [-0.4, -0.2) is 53.7 Å². The summed E-state index contributed by atoms with van der Waals surface area (Å²) in [6.45, 7) is -1.32. The fourth-order valence-electron chi connectivity index (χ4n) is 3.04. The van der Waals surface area contributed by atoms with E-state index in [4.69, 9.17) is 4.74 Å². The van der Waals surface area contributed by atoms with Crippen molar-refractivity contribution in [3.63, 3.8) is 0 Å². The van der Waals surface area contributed by atoms with Gasteiger partial charge >= 0.3 is 6.61 Å². The van der Waals surface area contributed by atoms with E-state index in [0.717, 1.165) is 5.82 Å². The summed E-state index contributed by atoms with van der Waals surface area (Å²) >= 11 is 0. The van der Waals surface area contributed by atoms with Gasteiger partial charge in [-0.2, -0.15) is 8.78 Å². The zero-order chi connectivity index (χ0) is 18.7. The molecule has 140 valence electrons. The number of methoxy groups -OCH3 is 1. The fourth-order valence-corrected chi connectivity index (χ4v) is 3.04. The Morgan fingerprint density at radius 2 is 2.19 bits per heavy atom. The third-order valence-electron chi connectivity index (χ3n) is 4.29. The Morgan fingerprint density at radius 1 is 1.38 bits per heavy atom. The van der Waals surface area contributed by atoms with Crippen molar-refractivity contribution < 1.29 is 23.0 Å². The van der Waals surface area contributed by atoms with Crippen molar-refractivity contribution in [2.45, 2.75) is 12.7 Å². The molecule has 0 radical (unpaired) electrons. The van der Waals surface area contributed by atoms with Gasteiger partial charge in [-0.05, 0) is 18.2 Å². The summed E-state index contributed by atoms with van der Waals surface area (Å²) in [7, 11) is 3.21. The normalized spacial score (nSPS) is 17.4. The molecule has 9 heteroatoms. The van der Waals surface area contributed by atoms with Gasteiger partial charge in [-0.1, -0.05) is 0 Å². The van der Waals surface area contributed by atoms with E-state index in [1.165, 1.54) is 25.3 Å². The van der Waals surface area contributed by atoms with Crippen molar-refractivity contribution in [3.05, 3.63) is 42.0 Å². The quantitative estimate of drug-likeness (QED) is 0.874. The van der Waals surface area contributed by atoms with E-state index in [1.54, 1.807) is 11.1 Å². The maximum absolute atomic E-state index is 13.0. The number of hydrogen-bond donors (Lipinski definition) is 1. The number of halogens is 2. The first-order valence-corrected chi connectivity index (χ1v) is 8.13. The molecule has 26 heavy (non-hydrogen) atoms. The smallest absolute Gasteiger partial charge is 0.387 e. The number of nitrogens with one attached hydrogen (secondary N) is 1. The van der Waals surface area contributed by atoms with Crippen LogP contribution in [0.5, 0.6) is 11.5 Å². The van der Waals surface area contributed by atoms with E-state index in [9.17, 15) is 13.6 Å². The van der Waals surface area contributed by atoms with Crippen LogP contribution in [0.25, 0.3) is 0 Å². The van der Waals surface area contributed by atoms with Crippen LogP contribution in [0.15, 0.2) is 30.6 Å². The molecular weight excluding hydrogens is 346 g/mol. The second-order valence-electron chi connectivity index (χ2n) is 5.86. The Morgan fingerprint density at radius 3 is 2.85 bits per heavy atom. The minimum Gasteiger partial charge on any atom is -0.493 e. The van der Waals surface area contributed by atoms with Gasteiger partial charge in [0.05, 0.1) is 7.11 Å². The summed E-state index contributed by atoms with van der Waals surface area (Å²) in [6, 6.07) is 4.02. The number of carbonyl (C=O) groups excluding carboxylic acids is 1. The van der Waals surface area contributed by atoms with E-state index in [2.05, 4.69) is 15.0 Å². The molecule has 3 rings (SSSR count). The number of aromatic nitrogens is 2. The lowest BCUT2D eigenvalue weighted by molar-refractivity contribution is -0.0512. The van der Waals surface area contributed by atoms with Crippen molar-refractivity contribution >= 4 is 5.91 Å². The van der Waals surface area contributed by atoms with Crippen LogP contribution < -0.4 is 14.8 Å². The first-order chi connectivity index (χ1) is 12.5. The average molecular weight is 366 g/mol. The monoisotopic (exact) mass is 366 g/mol. The SMILES string of the molecule is COc1ccc(C(=O)N2CCNCC2c2nccn2C)cc1OC(F)F. The fraction of sp³-hybridized carbons (Fsp3) is 0.412. The number of alkyl halides is 2. The summed E-state index contributed by atoms with van der Waals surface area (Å²) in [4.78, 5) is 19.1. The number of benzene rings is 1. The van der Waals surface area contributed by atoms with Gasteiger partial charge in [0.25, 0.3) is 5.91 Å². The molecule has 1 N–H and O–H groups in total. The summed E-state index contributed by atoms with van der Waals surface area (Å²) in [5, 5.41) is 3.25. The maximum Gasteiger partial charge on any atom is 0.387 e. The maximum atomic E-state index is 13.0. The molecule has 0 saturated carbocycles. The summed E-state index contributed by atoms with van der Waals surface area (Å²) in [6.07, 6.45) is 3.49. The largest absolute Gasteiger partial charge is 0.493 e. The molecule has 1 aromatic carbocycles. The molecule has 0 spiro atoms. The minimum absolute atomic E-state index is 0.141. The second kappa shape index (κ2) is 7.69. The molecule has 1 unspecified atom stereocenters. The van der Waals surface area contributed by atoms with Crippen LogP contribution in [0.1, 0.15) is 22.2 Å². The van der Waals surface area contributed by atoms with Crippen molar-refractivity contribution in [2.75, 3.05) is 26.7 Å². The third kappa shape index (κ3) is 3.62. The first-order valence-electron chi connectivity index (χ1n) is 8.13. The zero-order valence-corrected chi connectivity index (χ0v) is 14.5. The van der Waals surface area contributed by atoms with Gasteiger partial charge in [0.2, 0.25) is 0 Å². The first kappa shape index (κ1) is 18.1. The van der Waals surface area contributed by atoms with Gasteiger partial charge in [0, 0.05) is 44.6 Å². The lowest BCUT2D eigenvalue weighted by atomic mass is 10.1. The standard InChI is InChI=1S/C17H20F2N4O3/c1-22-7-6-21-15(22)12-10-20-5-8-23(12)16(24)11-3-4-13(25-2)14(9-11)26-17(18)19/h3-4,6-7,9,12,17,20H,5,8,10H2,1-2H3. The van der Waals surface area contributed by atoms with Gasteiger partial charge < -0.3 is 24.3 Å². The molecule has 1 aliphatic heterocycles. The van der Waals surface area contributed by atoms with Crippen molar-refractivity contribution in [1.82, 2.24) is 19.8 Å². The topological polar surface area (TPSA) is 68.6 Å². The Labute approximate surface area is 149 Å². The predicted octanol–water partition coefficient (Wildman–Crippen LogP) is 1.82. The number of nitrogens with zero attached hydrogens (tertiary/aromatic N) is 3. The molecule has 2 heterocycles. The highest BCUT2D eigenvalue weighted by Crippen LogP contribution is 2.31. The highest BCUT2D eigenvalue weighted by molar-refractivity contribution is 5.95. The number of amides is 1. The van der Waals surface area contributed by atoms with E-state index < -0.39 is 6.61 Å². The summed E-state index contributed by atoms with van der Waals surface area (Å²) in [5.74, 6) is 0.448. The van der Waals surface area contributed by atoms with Crippen LogP contribution >= 0.6 is 0 Å². The Kier molecular flexibility index (Phi) is 5.36. The van der Waals surface area contributed by atoms with Gasteiger partial charge in [0.1, 0.15) is 11.9 Å². The van der Waals surface area contributed by atoms with Gasteiger partial charge in [-0.3, -0.25) is 4.79 Å². The van der Waals surface area contributed by atoms with Crippen molar-refractivity contribution in [1.29, 1.82) is 0 Å². The Balaban J connectivity index is 1.90. The number of carbonyl (C=O) groups is 1. The molecule has 0 aliphatic carbocycles. The Hall–Kier alpha value is -2.68. The molecule has 1 aromatic heterocycles. The van der Waals surface area contributed by atoms with E-state index in [1.807, 2.05) is 17.8 Å². The van der Waals surface area contributed by atoms with E-state index in [0.29, 0.717) is 19.6 Å². The summed E-state index contributed by atoms with van der Waals surface area (Å²) < 4.78 is 36.6. The van der Waals surface area contributed by atoms with E-state index >= 15 is 0 Å². The summed E-state index contributed by atoms with van der Waals surface area (Å²) in [5.41, 5.74) is 0.252. The molecule has 0 bridgehead atoms. The highest BCUT2D eigenvalue weighted by Gasteiger charge is 2.31. The molecule has 1 amide bonds. The number of ether oxygens (including phenoxy) is 2. The van der Waals surface area contributed by atoms with Crippen LogP contribution in [0.3, 0.4) is 0 Å². The molecule has 1 atom stereocenters. The number of imidazole rings is 1. The van der Waals surface area contributed by atoms with Crippen LogP contribution in [0, 0.1) is 0 Å². The predicted molar refractivity (Wildman–Crippen MR) is 89.5 cm³/mol. The third-order valence-corrected chi connectivity index (χ3v) is 4.29. The van der Waals surface area contributed by atoms with E-state index in [-0.39, 0.29) is 29.0 Å². The highest BCUT2D eigenvalue weighted by atomic mass is 19.3. The Bertz CT molecular complexity index is 781. The number of rotatable bonds is 5. The molecular formula is C17H20F2N4O3. The van der Waals surface area contributed by atoms with Crippen molar-refractivity contribution in [2.24, 2.45) is 7.05 Å². The average Bonchev–Trinajstić information content (AvgIpc) is 3.06. The number of aryl methyl sites for hydroxylation is 1. The second-order valence-corrected chi connectivity index (χ2v) is 5.86. The zero-order valence-electron chi connectivity index (χ0n) is 14.5. The minimum atomic E-state index is -3.01. The molecule has 1 saturated heterocycles. The van der Waals surface area contributed by atoms with Crippen LogP contribution in [0.4, 0.5) is 8.78 Å². The lowest BCUT2D eigenvalue weighted by Gasteiger charge is -2.35. The molecule has 1 fully saturated rings. The van der Waals surface area contributed by atoms with Gasteiger partial charge in [-0.25, -0.2) is 4.98 Å².